The number of hydrogen-bond donors (Lipinski definition) is 3. The molecule has 0 radical (unpaired) electrons. The molecule has 8 nitrogen and oxygen atoms in total. The molecule has 0 amide bonds. The van der Waals surface area contributed by atoms with Crippen LogP contribution in [-0.2, 0) is 6.42 Å². The van der Waals surface area contributed by atoms with Crippen molar-refractivity contribution in [1.82, 2.24) is 19.9 Å². The zero-order chi connectivity index (χ0) is 19.8. The van der Waals surface area contributed by atoms with Crippen LogP contribution in [-0.4, -0.2) is 38.4 Å². The van der Waals surface area contributed by atoms with Crippen molar-refractivity contribution in [2.75, 3.05) is 18.6 Å². The molecule has 0 aliphatic heterocycles. The molecule has 5 N–H and O–H groups in total. The molecule has 2 heterocycles. The number of carbonyl (C=O) groups is 1. The van der Waals surface area contributed by atoms with Crippen molar-refractivity contribution in [2.45, 2.75) is 18.8 Å². The van der Waals surface area contributed by atoms with Crippen LogP contribution in [0.15, 0.2) is 30.5 Å². The highest BCUT2D eigenvalue weighted by Gasteiger charge is 2.15. The number of nitrogens with zero attached hydrogens (tertiary/aromatic N) is 4. The minimum atomic E-state index is 0.0494. The Morgan fingerprint density at radius 3 is 2.52 bits per heavy atom. The van der Waals surface area contributed by atoms with E-state index in [1.54, 1.807) is 18.3 Å². The summed E-state index contributed by atoms with van der Waals surface area (Å²) in [4.78, 5) is 27.5. The van der Waals surface area contributed by atoms with E-state index in [-0.39, 0.29) is 17.7 Å². The van der Waals surface area contributed by atoms with Gasteiger partial charge in [0.1, 0.15) is 6.29 Å². The van der Waals surface area contributed by atoms with Gasteiger partial charge >= 0.3 is 0 Å². The molecule has 1 aromatic carbocycles. The molecule has 0 spiro atoms. The molecule has 27 heavy (non-hydrogen) atoms. The number of rotatable bonds is 5. The average Bonchev–Trinajstić information content (AvgIpc) is 2.69. The Morgan fingerprint density at radius 1 is 1.19 bits per heavy atom. The lowest BCUT2D eigenvalue weighted by Crippen LogP contribution is -2.08. The minimum Gasteiger partial charge on any atom is -0.400 e. The van der Waals surface area contributed by atoms with Crippen molar-refractivity contribution in [2.24, 2.45) is 0 Å². The summed E-state index contributed by atoms with van der Waals surface area (Å²) in [6.45, 7) is 0. The van der Waals surface area contributed by atoms with E-state index >= 15 is 0 Å². The van der Waals surface area contributed by atoms with Crippen LogP contribution in [0.2, 0.25) is 0 Å². The molecule has 1 unspecified atom stereocenters. The van der Waals surface area contributed by atoms with Gasteiger partial charge < -0.3 is 16.6 Å². The highest BCUT2D eigenvalue weighted by Crippen LogP contribution is 2.25. The van der Waals surface area contributed by atoms with Crippen molar-refractivity contribution < 1.29 is 9.90 Å². The van der Waals surface area contributed by atoms with E-state index in [1.807, 2.05) is 12.1 Å². The molecular formula is C19H20N6O2. The van der Waals surface area contributed by atoms with E-state index in [0.29, 0.717) is 29.6 Å². The van der Waals surface area contributed by atoms with Gasteiger partial charge in [0.05, 0.1) is 11.9 Å². The van der Waals surface area contributed by atoms with Gasteiger partial charge in [-0.05, 0) is 12.0 Å². The number of nitrogen functional groups attached to an aromatic ring is 2. The van der Waals surface area contributed by atoms with Gasteiger partial charge in [-0.1, -0.05) is 24.3 Å². The van der Waals surface area contributed by atoms with E-state index in [1.165, 1.54) is 0 Å². The number of nitrogens with two attached hydrogens (primary N) is 2. The Bertz CT molecular complexity index is 966. The summed E-state index contributed by atoms with van der Waals surface area (Å²) >= 11 is 0. The van der Waals surface area contributed by atoms with E-state index in [9.17, 15) is 4.79 Å². The van der Waals surface area contributed by atoms with Gasteiger partial charge in [-0.2, -0.15) is 9.97 Å². The van der Waals surface area contributed by atoms with Crippen LogP contribution in [0, 0.1) is 12.3 Å². The van der Waals surface area contributed by atoms with Crippen molar-refractivity contribution in [1.29, 1.82) is 0 Å². The molecule has 3 aromatic rings. The third-order valence-corrected chi connectivity index (χ3v) is 3.86. The first-order valence-corrected chi connectivity index (χ1v) is 8.08. The second-order valence-electron chi connectivity index (χ2n) is 5.59. The second-order valence-corrected chi connectivity index (χ2v) is 5.59. The Kier molecular flexibility index (Phi) is 6.74. The maximum absolute atomic E-state index is 10.8. The minimum absolute atomic E-state index is 0.0494. The lowest BCUT2D eigenvalue weighted by atomic mass is 9.91. The third kappa shape index (κ3) is 4.74. The molecule has 2 aromatic heterocycles. The van der Waals surface area contributed by atoms with Crippen LogP contribution in [0.5, 0.6) is 0 Å². The van der Waals surface area contributed by atoms with Crippen molar-refractivity contribution in [3.8, 4) is 12.3 Å². The predicted octanol–water partition coefficient (Wildman–Crippen LogP) is 1.35. The number of hydrogen-bond acceptors (Lipinski definition) is 8. The van der Waals surface area contributed by atoms with Crippen molar-refractivity contribution in [3.63, 3.8) is 0 Å². The number of aldehydes is 1. The molecule has 0 saturated carbocycles. The number of aliphatic hydroxyl groups excluding tert-OH is 1. The van der Waals surface area contributed by atoms with Gasteiger partial charge in [-0.15, -0.1) is 12.3 Å². The summed E-state index contributed by atoms with van der Waals surface area (Å²) in [7, 11) is 1.00. The fraction of sp³-hybridized carbons (Fsp3) is 0.211. The van der Waals surface area contributed by atoms with E-state index in [4.69, 9.17) is 23.0 Å². The van der Waals surface area contributed by atoms with Crippen LogP contribution in [0.25, 0.3) is 11.2 Å². The van der Waals surface area contributed by atoms with E-state index < -0.39 is 0 Å². The van der Waals surface area contributed by atoms with E-state index in [0.717, 1.165) is 24.7 Å². The predicted molar refractivity (Wildman–Crippen MR) is 104 cm³/mol. The maximum Gasteiger partial charge on any atom is 0.224 e. The van der Waals surface area contributed by atoms with Gasteiger partial charge in [-0.25, -0.2) is 9.97 Å². The molecule has 0 aliphatic carbocycles. The third-order valence-electron chi connectivity index (χ3n) is 3.86. The average molecular weight is 364 g/mol. The number of aliphatic hydroxyl groups is 1. The number of benzene rings is 1. The van der Waals surface area contributed by atoms with Gasteiger partial charge in [0.15, 0.2) is 17.0 Å². The highest BCUT2D eigenvalue weighted by molar-refractivity contribution is 5.81. The first kappa shape index (κ1) is 19.8. The molecule has 0 saturated heterocycles. The summed E-state index contributed by atoms with van der Waals surface area (Å²) in [5.41, 5.74) is 14.6. The highest BCUT2D eigenvalue weighted by atomic mass is 16.2. The number of carbonyl (C=O) groups excluding carboxylic acids is 1. The summed E-state index contributed by atoms with van der Waals surface area (Å²) in [5.74, 6) is 2.99. The summed E-state index contributed by atoms with van der Waals surface area (Å²) < 4.78 is 0. The SMILES string of the molecule is C#CCC(Cc1cnc2nc(N)nc(N)c2n1)c1ccc(C=O)cc1.CO. The summed E-state index contributed by atoms with van der Waals surface area (Å²) in [6, 6.07) is 7.34. The number of aromatic nitrogens is 4. The lowest BCUT2D eigenvalue weighted by molar-refractivity contribution is 0.112. The molecule has 138 valence electrons. The zero-order valence-electron chi connectivity index (χ0n) is 14.8. The molecule has 1 atom stereocenters. The summed E-state index contributed by atoms with van der Waals surface area (Å²) in [6.07, 6.45) is 9.07. The lowest BCUT2D eigenvalue weighted by Gasteiger charge is -2.15. The van der Waals surface area contributed by atoms with Gasteiger partial charge in [0.25, 0.3) is 0 Å². The number of fused-ring (bicyclic) bond motifs is 1. The Morgan fingerprint density at radius 2 is 1.89 bits per heavy atom. The number of anilines is 2. The molecule has 8 heteroatoms. The molecule has 0 fully saturated rings. The van der Waals surface area contributed by atoms with Crippen LogP contribution >= 0.6 is 0 Å². The molecule has 0 aliphatic rings. The van der Waals surface area contributed by atoms with Crippen LogP contribution in [0.1, 0.15) is 34.0 Å². The topological polar surface area (TPSA) is 141 Å². The molecule has 3 rings (SSSR count). The largest absolute Gasteiger partial charge is 0.400 e. The Balaban J connectivity index is 0.00000126. The zero-order valence-corrected chi connectivity index (χ0v) is 14.8. The second kappa shape index (κ2) is 9.22. The van der Waals surface area contributed by atoms with Gasteiger partial charge in [-0.3, -0.25) is 4.79 Å². The quantitative estimate of drug-likeness (QED) is 0.455. The normalized spacial score (nSPS) is 11.1. The van der Waals surface area contributed by atoms with Gasteiger partial charge in [0.2, 0.25) is 5.95 Å². The first-order chi connectivity index (χ1) is 13.1. The van der Waals surface area contributed by atoms with Crippen LogP contribution in [0.4, 0.5) is 11.8 Å². The Hall–Kier alpha value is -3.57. The first-order valence-electron chi connectivity index (χ1n) is 8.08. The van der Waals surface area contributed by atoms with Crippen molar-refractivity contribution in [3.05, 3.63) is 47.3 Å². The fourth-order valence-electron chi connectivity index (χ4n) is 2.63. The summed E-state index contributed by atoms with van der Waals surface area (Å²) in [5, 5.41) is 7.00. The standard InChI is InChI=1S/C18H16N6O.CH4O/c1-2-3-13(12-6-4-11(10-25)5-7-12)8-14-9-21-17-15(22-14)16(19)23-18(20)24-17;1-2/h1,4-7,9-10,13H,3,8H2,(H4,19,20,21,23,24);2H,1H3. The maximum atomic E-state index is 10.8. The van der Waals surface area contributed by atoms with Crippen LogP contribution < -0.4 is 11.5 Å². The smallest absolute Gasteiger partial charge is 0.224 e. The monoisotopic (exact) mass is 364 g/mol. The Labute approximate surface area is 156 Å². The molecular weight excluding hydrogens is 344 g/mol. The van der Waals surface area contributed by atoms with Crippen LogP contribution in [0.3, 0.4) is 0 Å². The van der Waals surface area contributed by atoms with E-state index in [2.05, 4.69) is 25.9 Å². The fourth-order valence-corrected chi connectivity index (χ4v) is 2.63. The van der Waals surface area contributed by atoms with Gasteiger partial charge in [0, 0.05) is 25.0 Å². The van der Waals surface area contributed by atoms with Crippen molar-refractivity contribution >= 4 is 29.2 Å². The number of terminal acetylenes is 1. The molecule has 0 bridgehead atoms.